The van der Waals surface area contributed by atoms with Crippen molar-refractivity contribution >= 4 is 9.24 Å². The maximum absolute atomic E-state index is 14.9. The highest BCUT2D eigenvalue weighted by atomic mass is 127. The summed E-state index contributed by atoms with van der Waals surface area (Å²) in [5.41, 5.74) is 0.943. The Kier molecular flexibility index (Phi) is 8.18. The molecule has 0 heterocycles. The molecule has 0 spiro atoms. The van der Waals surface area contributed by atoms with Crippen LogP contribution in [0.15, 0.2) is 0 Å². The van der Waals surface area contributed by atoms with Gasteiger partial charge < -0.3 is 0 Å². The second-order valence-corrected chi connectivity index (χ2v) is 14.7. The van der Waals surface area contributed by atoms with Gasteiger partial charge in [0.1, 0.15) is 6.17 Å². The van der Waals surface area contributed by atoms with Crippen molar-refractivity contribution in [3.63, 3.8) is 0 Å². The van der Waals surface area contributed by atoms with Crippen molar-refractivity contribution in [1.82, 2.24) is 0 Å². The predicted molar refractivity (Wildman–Crippen MR) is 118 cm³/mol. The minimum atomic E-state index is -0.727. The van der Waals surface area contributed by atoms with Crippen molar-refractivity contribution in [2.45, 2.75) is 115 Å². The Morgan fingerprint density at radius 3 is 2.15 bits per heavy atom. The first-order chi connectivity index (χ1) is 12.3. The summed E-state index contributed by atoms with van der Waals surface area (Å²) in [7, 11) is 3.10. The van der Waals surface area contributed by atoms with E-state index in [1.54, 1.807) is 0 Å². The van der Waals surface area contributed by atoms with Crippen LogP contribution in [0.2, 0.25) is 0 Å². The van der Waals surface area contributed by atoms with E-state index < -0.39 is 6.17 Å². The highest BCUT2D eigenvalue weighted by Gasteiger charge is 2.61. The minimum Gasteiger partial charge on any atom is -0.247 e. The Morgan fingerprint density at radius 2 is 1.59 bits per heavy atom. The smallest absolute Gasteiger partial charge is 0.247 e. The van der Waals surface area contributed by atoms with Crippen LogP contribution in [0.3, 0.4) is 0 Å². The number of alkyl halides is 2. The zero-order valence-corrected chi connectivity index (χ0v) is 22.5. The maximum atomic E-state index is 14.9. The first kappa shape index (κ1) is 24.4. The Hall–Kier alpha value is 1.09. The minimum absolute atomic E-state index is 0.188. The quantitative estimate of drug-likeness (QED) is 0.295. The summed E-state index contributed by atoms with van der Waals surface area (Å²) >= 11 is 2.35. The van der Waals surface area contributed by atoms with E-state index in [2.05, 4.69) is 73.4 Å². The van der Waals surface area contributed by atoms with Gasteiger partial charge in [-0.25, -0.2) is 4.39 Å². The van der Waals surface area contributed by atoms with Gasteiger partial charge in [-0.3, -0.25) is 0 Å². The van der Waals surface area contributed by atoms with Crippen molar-refractivity contribution < 1.29 is 27.0 Å². The lowest BCUT2D eigenvalue weighted by Gasteiger charge is -2.42. The third kappa shape index (κ3) is 5.42. The number of hydrogen-bond donors (Lipinski definition) is 0. The molecule has 0 bridgehead atoms. The monoisotopic (exact) mass is 511 g/mol. The molecule has 2 aliphatic rings. The molecule has 0 aromatic rings. The van der Waals surface area contributed by atoms with Gasteiger partial charge in [0.15, 0.2) is 3.42 Å². The fraction of sp³-hybridized carbons (Fsp3) is 1.00. The lowest BCUT2D eigenvalue weighted by molar-refractivity contribution is -0.501. The standard InChI is InChI=1S/C24H46FIP/c1-16-9-8-12-23(6,18(3)25)17(2)24(7,26)21-15-20(21)11-14-22(5,13-10-16)19(4)27/h16-21,26H,8-15,27H2,1-7H3/q+1/t16-,17-,18-,19+,20+,21?,22?,23-,24?/m1/s1. The van der Waals surface area contributed by atoms with Gasteiger partial charge in [0.2, 0.25) is 0 Å². The number of hydrogen-bond acceptors (Lipinski definition) is 0. The molecule has 27 heavy (non-hydrogen) atoms. The molecule has 3 heteroatoms. The third-order valence-corrected chi connectivity index (χ3v) is 11.9. The Bertz CT molecular complexity index is 491. The lowest BCUT2D eigenvalue weighted by atomic mass is 9.65. The van der Waals surface area contributed by atoms with E-state index in [4.69, 9.17) is 0 Å². The van der Waals surface area contributed by atoms with Gasteiger partial charge in [0, 0.05) is 17.3 Å². The summed E-state index contributed by atoms with van der Waals surface area (Å²) < 4.78 is 15.1. The van der Waals surface area contributed by atoms with Crippen LogP contribution in [0.5, 0.6) is 0 Å². The molecule has 2 saturated carbocycles. The van der Waals surface area contributed by atoms with E-state index in [0.29, 0.717) is 17.0 Å². The Labute approximate surface area is 185 Å². The molecule has 0 saturated heterocycles. The van der Waals surface area contributed by atoms with E-state index in [1.165, 1.54) is 44.9 Å². The van der Waals surface area contributed by atoms with Crippen LogP contribution < -0.4 is 22.6 Å². The van der Waals surface area contributed by atoms with Crippen LogP contribution in [0.4, 0.5) is 4.39 Å². The van der Waals surface area contributed by atoms with Gasteiger partial charge in [-0.1, -0.05) is 53.9 Å². The van der Waals surface area contributed by atoms with Crippen molar-refractivity contribution in [2.24, 2.45) is 34.5 Å². The Balaban J connectivity index is 2.23. The van der Waals surface area contributed by atoms with E-state index in [1.807, 2.05) is 6.92 Å². The largest absolute Gasteiger partial charge is 0.259 e. The van der Waals surface area contributed by atoms with Gasteiger partial charge in [0.25, 0.3) is 22.6 Å². The molecule has 2 fully saturated rings. The van der Waals surface area contributed by atoms with E-state index in [0.717, 1.165) is 24.2 Å². The van der Waals surface area contributed by atoms with Gasteiger partial charge in [-0.15, -0.1) is 9.24 Å². The zero-order valence-electron chi connectivity index (χ0n) is 19.0. The van der Waals surface area contributed by atoms with Crippen LogP contribution in [0.25, 0.3) is 0 Å². The molecule has 0 nitrogen and oxygen atoms in total. The van der Waals surface area contributed by atoms with Crippen molar-refractivity contribution in [2.75, 3.05) is 0 Å². The summed E-state index contributed by atoms with van der Waals surface area (Å²) in [4.78, 5) is 0. The summed E-state index contributed by atoms with van der Waals surface area (Å²) in [6.07, 6.45) is 9.50. The molecule has 0 aliphatic heterocycles. The van der Waals surface area contributed by atoms with Crippen LogP contribution in [0, 0.1) is 34.5 Å². The molecular weight excluding hydrogens is 465 g/mol. The summed E-state index contributed by atoms with van der Waals surface area (Å²) in [5, 5.41) is 0. The average molecular weight is 512 g/mol. The van der Waals surface area contributed by atoms with E-state index >= 15 is 0 Å². The molecule has 2 aliphatic carbocycles. The molecule has 0 N–H and O–H groups in total. The van der Waals surface area contributed by atoms with E-state index in [9.17, 15) is 4.39 Å². The molecule has 0 aromatic heterocycles. The molecule has 2 rings (SSSR count). The first-order valence-electron chi connectivity index (χ1n) is 11.4. The van der Waals surface area contributed by atoms with Crippen molar-refractivity contribution in [1.29, 1.82) is 0 Å². The lowest BCUT2D eigenvalue weighted by Crippen LogP contribution is -3.44. The van der Waals surface area contributed by atoms with Crippen LogP contribution in [0.1, 0.15) is 99.8 Å². The number of fused-ring (bicyclic) bond motifs is 1. The Morgan fingerprint density at radius 1 is 1.00 bits per heavy atom. The topological polar surface area (TPSA) is 0 Å². The molecule has 4 unspecified atom stereocenters. The van der Waals surface area contributed by atoms with Crippen LogP contribution >= 0.6 is 9.24 Å². The molecule has 160 valence electrons. The zero-order chi connectivity index (χ0) is 20.6. The second-order valence-electron chi connectivity index (χ2n) is 11.1. The van der Waals surface area contributed by atoms with Gasteiger partial charge in [-0.2, -0.15) is 0 Å². The second kappa shape index (κ2) is 9.07. The molecule has 0 aromatic carbocycles. The number of rotatable bonds is 2. The molecule has 0 amide bonds. The highest BCUT2D eigenvalue weighted by molar-refractivity contribution is 7.17. The van der Waals surface area contributed by atoms with Gasteiger partial charge in [-0.05, 0) is 68.9 Å². The number of halogens is 2. The fourth-order valence-electron chi connectivity index (χ4n) is 5.65. The van der Waals surface area contributed by atoms with Crippen molar-refractivity contribution in [3.05, 3.63) is 0 Å². The summed E-state index contributed by atoms with van der Waals surface area (Å²) in [6, 6.07) is 0. The van der Waals surface area contributed by atoms with Crippen LogP contribution in [-0.4, -0.2) is 15.3 Å². The maximum Gasteiger partial charge on any atom is 0.259 e. The predicted octanol–water partition coefficient (Wildman–Crippen LogP) is 4.32. The van der Waals surface area contributed by atoms with Crippen LogP contribution in [-0.2, 0) is 0 Å². The van der Waals surface area contributed by atoms with E-state index in [-0.39, 0.29) is 8.84 Å². The summed E-state index contributed by atoms with van der Waals surface area (Å²) in [6.45, 7) is 16.2. The fourth-order valence-corrected chi connectivity index (χ4v) is 7.58. The first-order valence-corrected chi connectivity index (χ1v) is 13.3. The normalized spacial score (nSPS) is 49.6. The molecule has 10 atom stereocenters. The highest BCUT2D eigenvalue weighted by Crippen LogP contribution is 2.55. The van der Waals surface area contributed by atoms with Gasteiger partial charge in [0.05, 0.1) is 0 Å². The van der Waals surface area contributed by atoms with Crippen molar-refractivity contribution in [3.8, 4) is 0 Å². The third-order valence-electron chi connectivity index (χ3n) is 9.22. The SMILES string of the molecule is C[C@@H]1CCC[C@@](C)([C@@H](C)F)[C@@H](C)C(C)([IH+])C2C[C@@H]2CCC(C)([C@H](C)P)CC1. The molecular formula is C24H46FIP+. The summed E-state index contributed by atoms with van der Waals surface area (Å²) in [5.74, 6) is 2.84. The average Bonchev–Trinajstić information content (AvgIpc) is 3.36. The van der Waals surface area contributed by atoms with Gasteiger partial charge >= 0.3 is 0 Å². The molecule has 0 radical (unpaired) electrons.